The Hall–Kier alpha value is -6.90. The molecule has 1 aliphatic rings. The van der Waals surface area contributed by atoms with Gasteiger partial charge < -0.3 is 79.4 Å². The first-order valence-corrected chi connectivity index (χ1v) is 18.9. The Morgan fingerprint density at radius 1 is 0.803 bits per heavy atom. The highest BCUT2D eigenvalue weighted by Crippen LogP contribution is 2.19. The van der Waals surface area contributed by atoms with E-state index in [-0.39, 0.29) is 44.0 Å². The third-order valence-electron chi connectivity index (χ3n) is 9.17. The number of carboxylic acids is 3. The summed E-state index contributed by atoms with van der Waals surface area (Å²) in [6.07, 6.45) is -0.0286. The van der Waals surface area contributed by atoms with E-state index >= 15 is 0 Å². The van der Waals surface area contributed by atoms with Crippen LogP contribution in [0.3, 0.4) is 0 Å². The van der Waals surface area contributed by atoms with E-state index in [1.54, 1.807) is 0 Å². The lowest BCUT2D eigenvalue weighted by atomic mass is 10.1. The average molecular weight is 868 g/mol. The molecule has 7 amide bonds. The third kappa shape index (κ3) is 17.5. The van der Waals surface area contributed by atoms with Gasteiger partial charge in [-0.3, -0.25) is 48.6 Å². The number of aliphatic hydroxyl groups excluding tert-OH is 1. The van der Waals surface area contributed by atoms with Gasteiger partial charge in [0, 0.05) is 38.5 Å². The summed E-state index contributed by atoms with van der Waals surface area (Å²) in [5.41, 5.74) is 16.5. The Labute approximate surface area is 347 Å². The minimum atomic E-state index is -1.98. The normalized spacial score (nSPS) is 16.3. The maximum Gasteiger partial charge on any atom is 0.326 e. The molecule has 0 spiro atoms. The van der Waals surface area contributed by atoms with Crippen molar-refractivity contribution in [2.24, 2.45) is 17.2 Å². The first kappa shape index (κ1) is 50.2. The summed E-state index contributed by atoms with van der Waals surface area (Å²) in [4.78, 5) is 134. The molecule has 0 radical (unpaired) electrons. The third-order valence-corrected chi connectivity index (χ3v) is 9.17. The molecule has 1 aromatic rings. The molecule has 1 aliphatic heterocycles. The largest absolute Gasteiger partial charge is 0.481 e. The highest BCUT2D eigenvalue weighted by Gasteiger charge is 2.38. The lowest BCUT2D eigenvalue weighted by Gasteiger charge is -2.28. The predicted molar refractivity (Wildman–Crippen MR) is 206 cm³/mol. The van der Waals surface area contributed by atoms with Crippen molar-refractivity contribution in [3.63, 3.8) is 0 Å². The first-order valence-electron chi connectivity index (χ1n) is 18.9. The highest BCUT2D eigenvalue weighted by molar-refractivity contribution is 5.98. The van der Waals surface area contributed by atoms with Crippen molar-refractivity contribution in [3.05, 3.63) is 18.2 Å². The number of aliphatic hydroxyl groups is 1. The van der Waals surface area contributed by atoms with E-state index in [2.05, 4.69) is 36.6 Å². The molecular weight excluding hydrogens is 814 g/mol. The number of nitrogens with one attached hydrogen (secondary N) is 8. The van der Waals surface area contributed by atoms with Gasteiger partial charge in [0.25, 0.3) is 0 Å². The first-order chi connectivity index (χ1) is 28.7. The van der Waals surface area contributed by atoms with Gasteiger partial charge in [-0.2, -0.15) is 0 Å². The number of guanidine groups is 1. The Bertz CT molecular complexity index is 1760. The summed E-state index contributed by atoms with van der Waals surface area (Å²) in [6, 6.07) is -10.9. The standard InChI is InChI=1S/C34H53N13O14/c35-17(3-1-9-40-34(37)38)32(59)47-10-2-4-23(47)31(58)46-22(14-48)30(57)44-20(11-16-13-39-15-41-16)28(55)42-18(6-8-25(50)51)27(54)45-21(12-26(52)53)29(56)43-19(33(60)61)5-7-24(36)49/h13,15,17-23,48H,1-12,14,35H2,(H2,36,49)(H,39,41)(H,42,55)(H,43,56)(H,44,57)(H,45,54)(H,46,58)(H,50,51)(H,52,53)(H,60,61)(H4,37,38,40)/t17-,18-,19-,20-,21-,22-,23-/m0/s1. The van der Waals surface area contributed by atoms with Gasteiger partial charge in [-0.05, 0) is 38.5 Å². The summed E-state index contributed by atoms with van der Waals surface area (Å²) < 4.78 is 0. The molecule has 18 N–H and O–H groups in total. The number of H-pyrrole nitrogens is 1. The molecule has 1 saturated heterocycles. The summed E-state index contributed by atoms with van der Waals surface area (Å²) in [7, 11) is 0. The van der Waals surface area contributed by atoms with Gasteiger partial charge in [0.05, 0.1) is 31.1 Å². The van der Waals surface area contributed by atoms with Gasteiger partial charge in [0.1, 0.15) is 36.3 Å². The van der Waals surface area contributed by atoms with E-state index in [0.717, 1.165) is 0 Å². The fourth-order valence-electron chi connectivity index (χ4n) is 6.02. The van der Waals surface area contributed by atoms with E-state index in [4.69, 9.17) is 22.6 Å². The van der Waals surface area contributed by atoms with Gasteiger partial charge in [-0.15, -0.1) is 0 Å². The van der Waals surface area contributed by atoms with Crippen LogP contribution in [0.2, 0.25) is 0 Å². The van der Waals surface area contributed by atoms with Gasteiger partial charge in [-0.25, -0.2) is 9.78 Å². The summed E-state index contributed by atoms with van der Waals surface area (Å²) in [6.45, 7) is -0.525. The molecule has 1 fully saturated rings. The molecule has 0 bridgehead atoms. The van der Waals surface area contributed by atoms with Crippen molar-refractivity contribution < 1.29 is 68.4 Å². The number of nitrogens with zero attached hydrogens (tertiary/aromatic N) is 2. The van der Waals surface area contributed by atoms with Crippen LogP contribution in [0.15, 0.2) is 12.5 Å². The van der Waals surface area contributed by atoms with Crippen LogP contribution in [-0.4, -0.2) is 163 Å². The van der Waals surface area contributed by atoms with Crippen LogP contribution in [0, 0.1) is 5.41 Å². The maximum absolute atomic E-state index is 13.8. The zero-order chi connectivity index (χ0) is 45.8. The predicted octanol–water partition coefficient (Wildman–Crippen LogP) is -6.36. The van der Waals surface area contributed by atoms with Crippen molar-refractivity contribution in [3.8, 4) is 0 Å². The van der Waals surface area contributed by atoms with Crippen LogP contribution in [0.5, 0.6) is 0 Å². The Kier molecular flexibility index (Phi) is 20.5. The average Bonchev–Trinajstić information content (AvgIpc) is 3.90. The maximum atomic E-state index is 13.8. The van der Waals surface area contributed by atoms with Crippen molar-refractivity contribution in [1.82, 2.24) is 46.8 Å². The number of imidazole rings is 1. The van der Waals surface area contributed by atoms with E-state index in [1.165, 1.54) is 17.4 Å². The summed E-state index contributed by atoms with van der Waals surface area (Å²) in [5.74, 6) is -12.0. The van der Waals surface area contributed by atoms with Crippen molar-refractivity contribution in [2.45, 2.75) is 107 Å². The molecule has 1 aromatic heterocycles. The highest BCUT2D eigenvalue weighted by atomic mass is 16.4. The molecule has 0 unspecified atom stereocenters. The lowest BCUT2D eigenvalue weighted by molar-refractivity contribution is -0.144. The van der Waals surface area contributed by atoms with E-state index in [1.807, 2.05) is 5.32 Å². The number of carbonyl (C=O) groups excluding carboxylic acids is 7. The number of aromatic nitrogens is 2. The molecule has 2 rings (SSSR count). The number of aromatic amines is 1. The molecule has 2 heterocycles. The smallest absolute Gasteiger partial charge is 0.326 e. The SMILES string of the molecule is N=C(N)NCCC[C@H](N)C(=O)N1CCC[C@H]1C(=O)N[C@@H](CO)C(=O)N[C@@H](Cc1c[nH]cn1)C(=O)N[C@@H](CCC(=O)O)C(=O)N[C@@H](CC(=O)O)C(=O)N[C@@H](CCC(N)=O)C(=O)O. The second-order valence-corrected chi connectivity index (χ2v) is 13.9. The second kappa shape index (κ2) is 24.9. The lowest BCUT2D eigenvalue weighted by Crippen LogP contribution is -2.60. The number of amides is 7. The number of carbonyl (C=O) groups is 10. The van der Waals surface area contributed by atoms with Crippen LogP contribution in [0.4, 0.5) is 0 Å². The van der Waals surface area contributed by atoms with Gasteiger partial charge in [0.15, 0.2) is 5.96 Å². The Morgan fingerprint density at radius 2 is 1.39 bits per heavy atom. The number of likely N-dealkylation sites (tertiary alicyclic amines) is 1. The monoisotopic (exact) mass is 867 g/mol. The van der Waals surface area contributed by atoms with E-state index in [0.29, 0.717) is 12.8 Å². The topological polar surface area (TPSA) is 458 Å². The van der Waals surface area contributed by atoms with Crippen LogP contribution in [0.1, 0.15) is 63.5 Å². The number of primary amides is 1. The molecule has 0 aliphatic carbocycles. The second-order valence-electron chi connectivity index (χ2n) is 13.9. The molecule has 338 valence electrons. The van der Waals surface area contributed by atoms with E-state index in [9.17, 15) is 68.4 Å². The molecule has 61 heavy (non-hydrogen) atoms. The van der Waals surface area contributed by atoms with Crippen molar-refractivity contribution >= 4 is 65.2 Å². The van der Waals surface area contributed by atoms with E-state index < -0.39 is 140 Å². The summed E-state index contributed by atoms with van der Waals surface area (Å²) >= 11 is 0. The molecule has 27 nitrogen and oxygen atoms in total. The van der Waals surface area contributed by atoms with Crippen LogP contribution < -0.4 is 49.1 Å². The Morgan fingerprint density at radius 3 is 1.97 bits per heavy atom. The van der Waals surface area contributed by atoms with Crippen molar-refractivity contribution in [1.29, 1.82) is 5.41 Å². The number of hydrogen-bond acceptors (Lipinski definition) is 14. The van der Waals surface area contributed by atoms with Crippen LogP contribution in [0.25, 0.3) is 0 Å². The van der Waals surface area contributed by atoms with Crippen LogP contribution >= 0.6 is 0 Å². The Balaban J connectivity index is 2.26. The van der Waals surface area contributed by atoms with Gasteiger partial charge >= 0.3 is 17.9 Å². The fourth-order valence-corrected chi connectivity index (χ4v) is 6.02. The van der Waals surface area contributed by atoms with Crippen LogP contribution in [-0.2, 0) is 54.4 Å². The minimum absolute atomic E-state index is 0.177. The number of rotatable bonds is 27. The number of aliphatic carboxylic acids is 3. The molecule has 27 heteroatoms. The molecule has 0 aromatic carbocycles. The molecular formula is C34H53N13O14. The zero-order valence-corrected chi connectivity index (χ0v) is 32.9. The minimum Gasteiger partial charge on any atom is -0.481 e. The quantitative estimate of drug-likeness (QED) is 0.0222. The zero-order valence-electron chi connectivity index (χ0n) is 32.9. The number of nitrogens with two attached hydrogens (primary N) is 3. The van der Waals surface area contributed by atoms with Gasteiger partial charge in [-0.1, -0.05) is 0 Å². The fraction of sp³-hybridized carbons (Fsp3) is 0.588. The van der Waals surface area contributed by atoms with Crippen molar-refractivity contribution in [2.75, 3.05) is 19.7 Å². The van der Waals surface area contributed by atoms with Gasteiger partial charge in [0.2, 0.25) is 41.4 Å². The number of carboxylic acid groups (broad SMARTS) is 3. The number of hydrogen-bond donors (Lipinski definition) is 15. The molecule has 0 saturated carbocycles. The molecule has 7 atom stereocenters. The summed E-state index contributed by atoms with van der Waals surface area (Å²) in [5, 5.41) is 59.2.